The average molecular weight is 554 g/mol. The molecule has 0 spiro atoms. The van der Waals surface area contributed by atoms with E-state index in [1.807, 2.05) is 97.1 Å². The van der Waals surface area contributed by atoms with Gasteiger partial charge in [0.2, 0.25) is 0 Å². The van der Waals surface area contributed by atoms with Gasteiger partial charge in [0.25, 0.3) is 11.8 Å². The standard InChI is InChI=1S/C35H27N3O4/c1-38-34(39)32(28-18-36-30-16-24(12-14-26(28)30)41-20-22-8-4-2-5-9-22)33(35(38)40)29-19-37-31-17-25(13-15-27(29)31)42-21-23-10-6-3-7-11-23/h2-19,36-37H,20-21H2,1H3. The SMILES string of the molecule is CN1C(=O)C(c2c[nH]c3cc(OCc4ccccc4)ccc23)=C(c2c[nH]c3cc(OCc4ccccc4)ccc23)C1=O. The third-order valence-electron chi connectivity index (χ3n) is 7.63. The van der Waals surface area contributed by atoms with Gasteiger partial charge in [0.05, 0.1) is 11.1 Å². The van der Waals surface area contributed by atoms with Crippen molar-refractivity contribution in [1.29, 1.82) is 0 Å². The number of carbonyl (C=O) groups excluding carboxylic acids is 2. The van der Waals surface area contributed by atoms with E-state index in [1.54, 1.807) is 12.4 Å². The monoisotopic (exact) mass is 553 g/mol. The molecule has 7 rings (SSSR count). The summed E-state index contributed by atoms with van der Waals surface area (Å²) in [6.07, 6.45) is 3.57. The number of likely N-dealkylation sites (N-methyl/N-ethyl adjacent to an activating group) is 1. The van der Waals surface area contributed by atoms with Gasteiger partial charge in [-0.2, -0.15) is 0 Å². The number of H-pyrrole nitrogens is 2. The number of hydrogen-bond donors (Lipinski definition) is 2. The number of hydrogen-bond acceptors (Lipinski definition) is 4. The summed E-state index contributed by atoms with van der Waals surface area (Å²) in [5, 5.41) is 1.67. The van der Waals surface area contributed by atoms with E-state index in [2.05, 4.69) is 9.97 Å². The first-order valence-corrected chi connectivity index (χ1v) is 13.7. The summed E-state index contributed by atoms with van der Waals surface area (Å²) in [5.74, 6) is 0.749. The van der Waals surface area contributed by atoms with E-state index < -0.39 is 0 Å². The average Bonchev–Trinajstić information content (AvgIpc) is 3.70. The predicted molar refractivity (Wildman–Crippen MR) is 163 cm³/mol. The molecule has 0 saturated carbocycles. The van der Waals surface area contributed by atoms with Crippen LogP contribution < -0.4 is 9.47 Å². The fraction of sp³-hybridized carbons (Fsp3) is 0.0857. The molecule has 2 aromatic heterocycles. The Morgan fingerprint density at radius 2 is 1.02 bits per heavy atom. The van der Waals surface area contributed by atoms with Gasteiger partial charge < -0.3 is 19.4 Å². The van der Waals surface area contributed by atoms with Crippen molar-refractivity contribution in [3.05, 3.63) is 132 Å². The second kappa shape index (κ2) is 10.4. The Kier molecular flexibility index (Phi) is 6.32. The van der Waals surface area contributed by atoms with Gasteiger partial charge in [-0.1, -0.05) is 60.7 Å². The number of nitrogens with one attached hydrogen (secondary N) is 2. The van der Waals surface area contributed by atoms with Crippen molar-refractivity contribution < 1.29 is 19.1 Å². The van der Waals surface area contributed by atoms with E-state index >= 15 is 0 Å². The topological polar surface area (TPSA) is 87.4 Å². The number of nitrogens with zero attached hydrogens (tertiary/aromatic N) is 1. The summed E-state index contributed by atoms with van der Waals surface area (Å²) in [7, 11) is 1.52. The Morgan fingerprint density at radius 1 is 0.595 bits per heavy atom. The van der Waals surface area contributed by atoms with Crippen molar-refractivity contribution in [1.82, 2.24) is 14.9 Å². The van der Waals surface area contributed by atoms with E-state index in [-0.39, 0.29) is 11.8 Å². The number of rotatable bonds is 8. The molecule has 206 valence electrons. The highest BCUT2D eigenvalue weighted by Crippen LogP contribution is 2.41. The van der Waals surface area contributed by atoms with Gasteiger partial charge in [-0.25, -0.2) is 0 Å². The number of fused-ring (bicyclic) bond motifs is 2. The summed E-state index contributed by atoms with van der Waals surface area (Å²) < 4.78 is 12.0. The maximum Gasteiger partial charge on any atom is 0.261 e. The highest BCUT2D eigenvalue weighted by Gasteiger charge is 2.39. The molecule has 6 aromatic rings. The van der Waals surface area contributed by atoms with Crippen LogP contribution in [0.2, 0.25) is 0 Å². The predicted octanol–water partition coefficient (Wildman–Crippen LogP) is 6.72. The number of ether oxygens (including phenoxy) is 2. The van der Waals surface area contributed by atoms with Crippen molar-refractivity contribution in [2.75, 3.05) is 7.05 Å². The van der Waals surface area contributed by atoms with Crippen LogP contribution in [0.3, 0.4) is 0 Å². The van der Waals surface area contributed by atoms with E-state index in [4.69, 9.17) is 9.47 Å². The van der Waals surface area contributed by atoms with Crippen molar-refractivity contribution >= 4 is 44.8 Å². The van der Waals surface area contributed by atoms with Gasteiger partial charge in [-0.05, 0) is 35.4 Å². The third-order valence-corrected chi connectivity index (χ3v) is 7.63. The fourth-order valence-corrected chi connectivity index (χ4v) is 5.43. The Labute approximate surface area is 242 Å². The van der Waals surface area contributed by atoms with Gasteiger partial charge in [0.1, 0.15) is 24.7 Å². The van der Waals surface area contributed by atoms with Crippen molar-refractivity contribution in [2.24, 2.45) is 0 Å². The van der Waals surface area contributed by atoms with Gasteiger partial charge >= 0.3 is 0 Å². The summed E-state index contributed by atoms with van der Waals surface area (Å²) in [6, 6.07) is 31.4. The number of benzene rings is 4. The van der Waals surface area contributed by atoms with Crippen molar-refractivity contribution in [3.8, 4) is 11.5 Å². The van der Waals surface area contributed by atoms with Crippen LogP contribution in [-0.2, 0) is 22.8 Å². The number of aromatic nitrogens is 2. The third kappa shape index (κ3) is 4.51. The second-order valence-corrected chi connectivity index (χ2v) is 10.3. The fourth-order valence-electron chi connectivity index (χ4n) is 5.43. The molecule has 1 aliphatic rings. The van der Waals surface area contributed by atoms with Crippen LogP contribution in [0.4, 0.5) is 0 Å². The number of imide groups is 1. The first-order chi connectivity index (χ1) is 20.6. The van der Waals surface area contributed by atoms with E-state index in [0.29, 0.717) is 47.0 Å². The van der Waals surface area contributed by atoms with Crippen LogP contribution >= 0.6 is 0 Å². The van der Waals surface area contributed by atoms with Gasteiger partial charge in [-0.3, -0.25) is 14.5 Å². The van der Waals surface area contributed by atoms with Crippen LogP contribution in [0.15, 0.2) is 109 Å². The van der Waals surface area contributed by atoms with E-state index in [0.717, 1.165) is 32.9 Å². The molecule has 0 unspecified atom stereocenters. The Morgan fingerprint density at radius 3 is 1.45 bits per heavy atom. The zero-order valence-electron chi connectivity index (χ0n) is 22.9. The maximum absolute atomic E-state index is 13.5. The molecule has 2 N–H and O–H groups in total. The largest absolute Gasteiger partial charge is 0.489 e. The lowest BCUT2D eigenvalue weighted by atomic mass is 9.95. The normalized spacial score (nSPS) is 13.5. The molecule has 1 aliphatic heterocycles. The Balaban J connectivity index is 1.23. The summed E-state index contributed by atoms with van der Waals surface area (Å²) in [6.45, 7) is 0.902. The summed E-state index contributed by atoms with van der Waals surface area (Å²) in [5.41, 5.74) is 5.88. The Bertz CT molecular complexity index is 1840. The molecule has 0 aliphatic carbocycles. The second-order valence-electron chi connectivity index (χ2n) is 10.3. The van der Waals surface area contributed by atoms with Crippen LogP contribution in [-0.4, -0.2) is 33.7 Å². The molecule has 2 amide bonds. The number of carbonyl (C=O) groups is 2. The van der Waals surface area contributed by atoms with Crippen LogP contribution in [0.5, 0.6) is 11.5 Å². The number of aromatic amines is 2. The molecule has 42 heavy (non-hydrogen) atoms. The maximum atomic E-state index is 13.5. The molecule has 0 atom stereocenters. The minimum Gasteiger partial charge on any atom is -0.489 e. The lowest BCUT2D eigenvalue weighted by Crippen LogP contribution is -2.26. The molecule has 0 saturated heterocycles. The molecule has 7 heteroatoms. The Hall–Kier alpha value is -5.56. The quantitative estimate of drug-likeness (QED) is 0.205. The lowest BCUT2D eigenvalue weighted by Gasteiger charge is -2.08. The van der Waals surface area contributed by atoms with Gasteiger partial charge in [0, 0.05) is 64.5 Å². The zero-order valence-corrected chi connectivity index (χ0v) is 22.9. The molecule has 3 heterocycles. The zero-order chi connectivity index (χ0) is 28.6. The summed E-state index contributed by atoms with van der Waals surface area (Å²) >= 11 is 0. The minimum absolute atomic E-state index is 0.336. The molecular weight excluding hydrogens is 526 g/mol. The van der Waals surface area contributed by atoms with Crippen LogP contribution in [0.1, 0.15) is 22.3 Å². The molecular formula is C35H27N3O4. The molecule has 4 aromatic carbocycles. The lowest BCUT2D eigenvalue weighted by molar-refractivity contribution is -0.134. The molecule has 0 bridgehead atoms. The smallest absolute Gasteiger partial charge is 0.261 e. The van der Waals surface area contributed by atoms with Gasteiger partial charge in [-0.15, -0.1) is 0 Å². The van der Waals surface area contributed by atoms with Crippen molar-refractivity contribution in [3.63, 3.8) is 0 Å². The molecule has 0 fully saturated rings. The van der Waals surface area contributed by atoms with Crippen LogP contribution in [0.25, 0.3) is 33.0 Å². The first kappa shape index (κ1) is 25.4. The molecule has 0 radical (unpaired) electrons. The summed E-state index contributed by atoms with van der Waals surface area (Å²) in [4.78, 5) is 34.7. The number of amides is 2. The first-order valence-electron chi connectivity index (χ1n) is 13.7. The van der Waals surface area contributed by atoms with Gasteiger partial charge in [0.15, 0.2) is 0 Å². The highest BCUT2D eigenvalue weighted by molar-refractivity contribution is 6.50. The highest BCUT2D eigenvalue weighted by atomic mass is 16.5. The molecule has 7 nitrogen and oxygen atoms in total. The minimum atomic E-state index is -0.336. The van der Waals surface area contributed by atoms with Crippen LogP contribution in [0, 0.1) is 0 Å². The van der Waals surface area contributed by atoms with E-state index in [9.17, 15) is 9.59 Å². The van der Waals surface area contributed by atoms with E-state index in [1.165, 1.54) is 11.9 Å². The van der Waals surface area contributed by atoms with Crippen molar-refractivity contribution in [2.45, 2.75) is 13.2 Å².